The van der Waals surface area contributed by atoms with Gasteiger partial charge in [0.05, 0.1) is 6.61 Å². The van der Waals surface area contributed by atoms with Gasteiger partial charge in [0.15, 0.2) is 0 Å². The second-order valence-electron chi connectivity index (χ2n) is 2.50. The highest BCUT2D eigenvalue weighted by Gasteiger charge is 2.05. The fourth-order valence-electron chi connectivity index (χ4n) is 0.979. The Hall–Kier alpha value is -1.52. The SMILES string of the molecule is C#CC(OCC=C)c1cc[c]cc1. The molecule has 0 saturated carbocycles. The van der Waals surface area contributed by atoms with Crippen molar-refractivity contribution < 1.29 is 4.74 Å². The van der Waals surface area contributed by atoms with Crippen LogP contribution in [0.25, 0.3) is 0 Å². The van der Waals surface area contributed by atoms with E-state index in [4.69, 9.17) is 11.2 Å². The van der Waals surface area contributed by atoms with Gasteiger partial charge < -0.3 is 4.74 Å². The van der Waals surface area contributed by atoms with Gasteiger partial charge in [-0.2, -0.15) is 0 Å². The quantitative estimate of drug-likeness (QED) is 0.499. The number of rotatable bonds is 4. The van der Waals surface area contributed by atoms with Crippen LogP contribution < -0.4 is 0 Å². The van der Waals surface area contributed by atoms with Crippen molar-refractivity contribution in [3.8, 4) is 12.3 Å². The third kappa shape index (κ3) is 2.77. The Labute approximate surface area is 79.0 Å². The Morgan fingerprint density at radius 2 is 2.31 bits per heavy atom. The van der Waals surface area contributed by atoms with E-state index in [9.17, 15) is 0 Å². The third-order valence-corrected chi connectivity index (χ3v) is 1.58. The Morgan fingerprint density at radius 3 is 2.85 bits per heavy atom. The van der Waals surface area contributed by atoms with E-state index in [2.05, 4.69) is 18.6 Å². The van der Waals surface area contributed by atoms with Gasteiger partial charge in [0.2, 0.25) is 0 Å². The van der Waals surface area contributed by atoms with Crippen molar-refractivity contribution in [1.82, 2.24) is 0 Å². The summed E-state index contributed by atoms with van der Waals surface area (Å²) in [5.74, 6) is 2.57. The minimum Gasteiger partial charge on any atom is -0.357 e. The minimum atomic E-state index is -0.285. The topological polar surface area (TPSA) is 9.23 Å². The first-order chi connectivity index (χ1) is 6.38. The molecule has 1 radical (unpaired) electrons. The van der Waals surface area contributed by atoms with Crippen LogP contribution >= 0.6 is 0 Å². The second-order valence-corrected chi connectivity index (χ2v) is 2.50. The van der Waals surface area contributed by atoms with E-state index in [1.54, 1.807) is 6.08 Å². The van der Waals surface area contributed by atoms with Crippen LogP contribution in [0, 0.1) is 18.4 Å². The fourth-order valence-corrected chi connectivity index (χ4v) is 0.979. The van der Waals surface area contributed by atoms with Crippen molar-refractivity contribution in [2.45, 2.75) is 6.10 Å². The zero-order valence-corrected chi connectivity index (χ0v) is 7.36. The van der Waals surface area contributed by atoms with E-state index in [0.29, 0.717) is 6.61 Å². The molecule has 1 heteroatoms. The van der Waals surface area contributed by atoms with Crippen molar-refractivity contribution >= 4 is 0 Å². The first-order valence-electron chi connectivity index (χ1n) is 4.03. The first kappa shape index (κ1) is 9.57. The van der Waals surface area contributed by atoms with E-state index < -0.39 is 0 Å². The second kappa shape index (κ2) is 5.18. The average molecular weight is 171 g/mol. The molecule has 0 fully saturated rings. The molecule has 1 atom stereocenters. The van der Waals surface area contributed by atoms with Crippen molar-refractivity contribution in [2.24, 2.45) is 0 Å². The molecule has 1 rings (SSSR count). The lowest BCUT2D eigenvalue weighted by Gasteiger charge is -2.10. The lowest BCUT2D eigenvalue weighted by Crippen LogP contribution is -2.01. The molecule has 1 aromatic carbocycles. The molecule has 0 amide bonds. The summed E-state index contributed by atoms with van der Waals surface area (Å²) in [6.07, 6.45) is 6.72. The van der Waals surface area contributed by atoms with Gasteiger partial charge in [-0.05, 0) is 11.6 Å². The monoisotopic (exact) mass is 171 g/mol. The van der Waals surface area contributed by atoms with E-state index in [-0.39, 0.29) is 6.10 Å². The lowest BCUT2D eigenvalue weighted by atomic mass is 10.1. The molecule has 0 heterocycles. The van der Waals surface area contributed by atoms with Crippen LogP contribution in [0.2, 0.25) is 0 Å². The number of ether oxygens (including phenoxy) is 1. The van der Waals surface area contributed by atoms with Gasteiger partial charge in [0, 0.05) is 0 Å². The van der Waals surface area contributed by atoms with Crippen molar-refractivity contribution in [1.29, 1.82) is 0 Å². The van der Waals surface area contributed by atoms with Crippen LogP contribution in [-0.4, -0.2) is 6.61 Å². The number of hydrogen-bond donors (Lipinski definition) is 0. The van der Waals surface area contributed by atoms with E-state index >= 15 is 0 Å². The van der Waals surface area contributed by atoms with Gasteiger partial charge in [-0.3, -0.25) is 0 Å². The smallest absolute Gasteiger partial charge is 0.143 e. The van der Waals surface area contributed by atoms with Gasteiger partial charge in [-0.25, -0.2) is 0 Å². The normalized spacial score (nSPS) is 11.6. The average Bonchev–Trinajstić information content (AvgIpc) is 2.21. The van der Waals surface area contributed by atoms with Crippen molar-refractivity contribution in [2.75, 3.05) is 6.61 Å². The van der Waals surface area contributed by atoms with Gasteiger partial charge in [0.1, 0.15) is 6.10 Å². The molecular weight excluding hydrogens is 160 g/mol. The molecule has 0 aromatic heterocycles. The summed E-state index contributed by atoms with van der Waals surface area (Å²) in [6, 6.07) is 10.3. The molecule has 0 spiro atoms. The van der Waals surface area contributed by atoms with Gasteiger partial charge in [-0.1, -0.05) is 36.3 Å². The van der Waals surface area contributed by atoms with Crippen LogP contribution in [0.5, 0.6) is 0 Å². The van der Waals surface area contributed by atoms with Crippen molar-refractivity contribution in [3.63, 3.8) is 0 Å². The number of benzene rings is 1. The van der Waals surface area contributed by atoms with Gasteiger partial charge >= 0.3 is 0 Å². The maximum atomic E-state index is 5.36. The highest BCUT2D eigenvalue weighted by Crippen LogP contribution is 2.15. The lowest BCUT2D eigenvalue weighted by molar-refractivity contribution is 0.117. The summed E-state index contributed by atoms with van der Waals surface area (Å²) in [5.41, 5.74) is 0.975. The third-order valence-electron chi connectivity index (χ3n) is 1.58. The van der Waals surface area contributed by atoms with E-state index in [1.165, 1.54) is 0 Å². The molecule has 0 aliphatic carbocycles. The zero-order valence-electron chi connectivity index (χ0n) is 7.36. The van der Waals surface area contributed by atoms with Gasteiger partial charge in [-0.15, -0.1) is 13.0 Å². The van der Waals surface area contributed by atoms with Crippen LogP contribution in [-0.2, 0) is 4.74 Å². The number of hydrogen-bond acceptors (Lipinski definition) is 1. The Balaban J connectivity index is 2.68. The molecule has 0 N–H and O–H groups in total. The Kier molecular flexibility index (Phi) is 3.81. The highest BCUT2D eigenvalue weighted by atomic mass is 16.5. The summed E-state index contributed by atoms with van der Waals surface area (Å²) in [5, 5.41) is 0. The van der Waals surface area contributed by atoms with Crippen LogP contribution in [0.4, 0.5) is 0 Å². The first-order valence-corrected chi connectivity index (χ1v) is 4.03. The zero-order chi connectivity index (χ0) is 9.52. The fraction of sp³-hybridized carbons (Fsp3) is 0.167. The maximum Gasteiger partial charge on any atom is 0.143 e. The molecule has 1 aromatic rings. The molecule has 13 heavy (non-hydrogen) atoms. The van der Waals surface area contributed by atoms with Crippen LogP contribution in [0.3, 0.4) is 0 Å². The summed E-state index contributed by atoms with van der Waals surface area (Å²) < 4.78 is 5.36. The van der Waals surface area contributed by atoms with Crippen LogP contribution in [0.1, 0.15) is 11.7 Å². The summed E-state index contributed by atoms with van der Waals surface area (Å²) in [4.78, 5) is 0. The predicted molar refractivity (Wildman–Crippen MR) is 53.0 cm³/mol. The largest absolute Gasteiger partial charge is 0.357 e. The van der Waals surface area contributed by atoms with E-state index in [1.807, 2.05) is 24.3 Å². The number of terminal acetylenes is 1. The molecule has 0 saturated heterocycles. The van der Waals surface area contributed by atoms with Crippen LogP contribution in [0.15, 0.2) is 36.9 Å². The molecule has 65 valence electrons. The molecule has 1 unspecified atom stereocenters. The summed E-state index contributed by atoms with van der Waals surface area (Å²) in [6.45, 7) is 4.03. The molecule has 0 aliphatic heterocycles. The highest BCUT2D eigenvalue weighted by molar-refractivity contribution is 5.23. The summed E-state index contributed by atoms with van der Waals surface area (Å²) >= 11 is 0. The van der Waals surface area contributed by atoms with Gasteiger partial charge in [0.25, 0.3) is 0 Å². The molecular formula is C12H11O. The molecule has 0 aliphatic rings. The van der Waals surface area contributed by atoms with E-state index in [0.717, 1.165) is 5.56 Å². The Morgan fingerprint density at radius 1 is 1.62 bits per heavy atom. The van der Waals surface area contributed by atoms with Crippen molar-refractivity contribution in [3.05, 3.63) is 48.6 Å². The molecule has 1 nitrogen and oxygen atoms in total. The summed E-state index contributed by atoms with van der Waals surface area (Å²) in [7, 11) is 0. The predicted octanol–water partition coefficient (Wildman–Crippen LogP) is 2.36. The standard InChI is InChI=1S/C12H11O/c1-3-10-13-12(4-2)11-8-6-5-7-9-11/h2-3,6-9,12H,1,10H2. The maximum absolute atomic E-state index is 5.36. The Bertz CT molecular complexity index is 295. The molecule has 0 bridgehead atoms. The minimum absolute atomic E-state index is 0.285.